The number of hydrogen-bond acceptors (Lipinski definition) is 3. The van der Waals surface area contributed by atoms with Gasteiger partial charge in [-0.25, -0.2) is 0 Å². The Kier molecular flexibility index (Phi) is 4.42. The molecular formula is C15H21NO2S. The van der Waals surface area contributed by atoms with Crippen molar-refractivity contribution < 1.29 is 9.47 Å². The second-order valence-electron chi connectivity index (χ2n) is 5.31. The molecule has 0 amide bonds. The maximum absolute atomic E-state index is 6.05. The molecule has 2 atom stereocenters. The molecular weight excluding hydrogens is 258 g/mol. The molecule has 2 rings (SSSR count). The molecule has 0 aliphatic carbocycles. The molecule has 3 nitrogen and oxygen atoms in total. The van der Waals surface area contributed by atoms with Crippen LogP contribution >= 0.6 is 12.2 Å². The van der Waals surface area contributed by atoms with E-state index in [2.05, 4.69) is 13.8 Å². The lowest BCUT2D eigenvalue weighted by Gasteiger charge is -2.32. The average molecular weight is 279 g/mol. The van der Waals surface area contributed by atoms with Gasteiger partial charge in [-0.15, -0.1) is 0 Å². The summed E-state index contributed by atoms with van der Waals surface area (Å²) in [5.41, 5.74) is 7.63. The van der Waals surface area contributed by atoms with Crippen molar-refractivity contribution in [2.75, 3.05) is 0 Å². The molecule has 0 radical (unpaired) electrons. The first kappa shape index (κ1) is 14.3. The highest BCUT2D eigenvalue weighted by molar-refractivity contribution is 7.80. The van der Waals surface area contributed by atoms with Gasteiger partial charge in [-0.05, 0) is 44.5 Å². The lowest BCUT2D eigenvalue weighted by Crippen LogP contribution is -2.35. The van der Waals surface area contributed by atoms with Gasteiger partial charge < -0.3 is 15.2 Å². The number of thiocarbonyl (C=S) groups is 1. The van der Waals surface area contributed by atoms with Gasteiger partial charge in [-0.1, -0.05) is 12.2 Å². The Morgan fingerprint density at radius 3 is 2.47 bits per heavy atom. The van der Waals surface area contributed by atoms with Crippen LogP contribution in [0.3, 0.4) is 0 Å². The summed E-state index contributed by atoms with van der Waals surface area (Å²) in [5.74, 6) is 0.879. The van der Waals surface area contributed by atoms with Gasteiger partial charge in [-0.3, -0.25) is 0 Å². The largest absolute Gasteiger partial charge is 0.490 e. The Bertz CT molecular complexity index is 465. The van der Waals surface area contributed by atoms with Crippen molar-refractivity contribution in [3.8, 4) is 5.75 Å². The summed E-state index contributed by atoms with van der Waals surface area (Å²) in [7, 11) is 0. The van der Waals surface area contributed by atoms with Crippen LogP contribution in [-0.2, 0) is 4.74 Å². The quantitative estimate of drug-likeness (QED) is 0.864. The highest BCUT2D eigenvalue weighted by atomic mass is 32.1. The van der Waals surface area contributed by atoms with Crippen LogP contribution in [0.15, 0.2) is 18.2 Å². The number of rotatable bonds is 3. The van der Waals surface area contributed by atoms with E-state index in [1.807, 2.05) is 25.1 Å². The normalized spacial score (nSPS) is 27.0. The van der Waals surface area contributed by atoms with Crippen molar-refractivity contribution in [1.82, 2.24) is 0 Å². The van der Waals surface area contributed by atoms with E-state index >= 15 is 0 Å². The zero-order valence-electron chi connectivity index (χ0n) is 11.7. The first-order valence-electron chi connectivity index (χ1n) is 6.68. The zero-order valence-corrected chi connectivity index (χ0v) is 12.5. The Morgan fingerprint density at radius 1 is 1.32 bits per heavy atom. The van der Waals surface area contributed by atoms with Crippen LogP contribution in [0, 0.1) is 6.92 Å². The minimum absolute atomic E-state index is 0.217. The first-order chi connectivity index (χ1) is 8.95. The summed E-state index contributed by atoms with van der Waals surface area (Å²) in [5, 5.41) is 0. The van der Waals surface area contributed by atoms with E-state index in [1.165, 1.54) is 0 Å². The van der Waals surface area contributed by atoms with Crippen molar-refractivity contribution in [1.29, 1.82) is 0 Å². The smallest absolute Gasteiger partial charge is 0.120 e. The third-order valence-electron chi connectivity index (χ3n) is 3.42. The topological polar surface area (TPSA) is 44.5 Å². The lowest BCUT2D eigenvalue weighted by atomic mass is 10.0. The molecule has 0 bridgehead atoms. The SMILES string of the molecule is Cc1cc(OC2CC(C)OC(C)C2)ccc1C(N)=S. The maximum Gasteiger partial charge on any atom is 0.120 e. The summed E-state index contributed by atoms with van der Waals surface area (Å²) in [6, 6.07) is 5.87. The Hall–Kier alpha value is -1.13. The monoisotopic (exact) mass is 279 g/mol. The molecule has 0 saturated carbocycles. The summed E-state index contributed by atoms with van der Waals surface area (Å²) < 4.78 is 11.8. The zero-order chi connectivity index (χ0) is 14.0. The van der Waals surface area contributed by atoms with Crippen LogP contribution in [-0.4, -0.2) is 23.3 Å². The fourth-order valence-electron chi connectivity index (χ4n) is 2.62. The minimum Gasteiger partial charge on any atom is -0.490 e. The van der Waals surface area contributed by atoms with Crippen molar-refractivity contribution in [2.45, 2.75) is 51.9 Å². The molecule has 1 aromatic rings. The van der Waals surface area contributed by atoms with Crippen LogP contribution < -0.4 is 10.5 Å². The van der Waals surface area contributed by atoms with Crippen LogP contribution in [0.1, 0.15) is 37.8 Å². The standard InChI is InChI=1S/C15H21NO2S/c1-9-6-12(4-5-14(9)15(16)19)18-13-7-10(2)17-11(3)8-13/h4-6,10-11,13H,7-8H2,1-3H3,(H2,16,19). The number of benzene rings is 1. The molecule has 1 aromatic carbocycles. The van der Waals surface area contributed by atoms with Gasteiger partial charge >= 0.3 is 0 Å². The Balaban J connectivity index is 2.07. The first-order valence-corrected chi connectivity index (χ1v) is 7.09. The molecule has 1 aliphatic heterocycles. The molecule has 0 aromatic heterocycles. The molecule has 4 heteroatoms. The average Bonchev–Trinajstić information content (AvgIpc) is 2.26. The van der Waals surface area contributed by atoms with E-state index < -0.39 is 0 Å². The van der Waals surface area contributed by atoms with Gasteiger partial charge in [-0.2, -0.15) is 0 Å². The summed E-state index contributed by atoms with van der Waals surface area (Å²) in [6.45, 7) is 6.18. The fraction of sp³-hybridized carbons (Fsp3) is 0.533. The molecule has 1 fully saturated rings. The minimum atomic E-state index is 0.217. The Labute approximate surface area is 120 Å². The van der Waals surface area contributed by atoms with E-state index in [4.69, 9.17) is 27.4 Å². The predicted molar refractivity (Wildman–Crippen MR) is 80.7 cm³/mol. The third-order valence-corrected chi connectivity index (χ3v) is 3.64. The third kappa shape index (κ3) is 3.67. The van der Waals surface area contributed by atoms with E-state index in [1.54, 1.807) is 0 Å². The van der Waals surface area contributed by atoms with E-state index in [0.29, 0.717) is 4.99 Å². The number of hydrogen-bond donors (Lipinski definition) is 1. The molecule has 19 heavy (non-hydrogen) atoms. The number of aryl methyl sites for hydroxylation is 1. The van der Waals surface area contributed by atoms with Crippen molar-refractivity contribution in [3.05, 3.63) is 29.3 Å². The second kappa shape index (κ2) is 5.88. The molecule has 1 saturated heterocycles. The van der Waals surface area contributed by atoms with Crippen molar-refractivity contribution in [2.24, 2.45) is 5.73 Å². The maximum atomic E-state index is 6.05. The lowest BCUT2D eigenvalue weighted by molar-refractivity contribution is -0.0721. The van der Waals surface area contributed by atoms with Crippen LogP contribution in [0.2, 0.25) is 0 Å². The molecule has 2 unspecified atom stereocenters. The number of nitrogens with two attached hydrogens (primary N) is 1. The van der Waals surface area contributed by atoms with Crippen LogP contribution in [0.4, 0.5) is 0 Å². The molecule has 0 spiro atoms. The van der Waals surface area contributed by atoms with E-state index in [9.17, 15) is 0 Å². The van der Waals surface area contributed by atoms with E-state index in [-0.39, 0.29) is 18.3 Å². The van der Waals surface area contributed by atoms with Crippen molar-refractivity contribution >= 4 is 17.2 Å². The molecule has 1 heterocycles. The Morgan fingerprint density at radius 2 is 1.95 bits per heavy atom. The summed E-state index contributed by atoms with van der Waals surface area (Å²) >= 11 is 5.01. The highest BCUT2D eigenvalue weighted by Gasteiger charge is 2.25. The fourth-order valence-corrected chi connectivity index (χ4v) is 2.85. The molecule has 1 aliphatic rings. The van der Waals surface area contributed by atoms with Crippen LogP contribution in [0.25, 0.3) is 0 Å². The van der Waals surface area contributed by atoms with Gasteiger partial charge in [0.1, 0.15) is 16.8 Å². The van der Waals surface area contributed by atoms with Crippen molar-refractivity contribution in [3.63, 3.8) is 0 Å². The summed E-state index contributed by atoms with van der Waals surface area (Å²) in [4.78, 5) is 0.428. The molecule has 2 N–H and O–H groups in total. The van der Waals surface area contributed by atoms with E-state index in [0.717, 1.165) is 29.7 Å². The van der Waals surface area contributed by atoms with Gasteiger partial charge in [0, 0.05) is 18.4 Å². The van der Waals surface area contributed by atoms with Gasteiger partial charge in [0.2, 0.25) is 0 Å². The second-order valence-corrected chi connectivity index (χ2v) is 5.75. The highest BCUT2D eigenvalue weighted by Crippen LogP contribution is 2.25. The van der Waals surface area contributed by atoms with Gasteiger partial charge in [0.05, 0.1) is 12.2 Å². The predicted octanol–water partition coefficient (Wildman–Crippen LogP) is 2.96. The van der Waals surface area contributed by atoms with Crippen LogP contribution in [0.5, 0.6) is 5.75 Å². The molecule has 104 valence electrons. The summed E-state index contributed by atoms with van der Waals surface area (Å²) in [6.07, 6.45) is 2.59. The van der Waals surface area contributed by atoms with Gasteiger partial charge in [0.15, 0.2) is 0 Å². The van der Waals surface area contributed by atoms with Gasteiger partial charge in [0.25, 0.3) is 0 Å². The number of ether oxygens (including phenoxy) is 2.